The van der Waals surface area contributed by atoms with Crippen molar-refractivity contribution in [3.8, 4) is 0 Å². The van der Waals surface area contributed by atoms with Crippen LogP contribution in [-0.4, -0.2) is 19.6 Å². The lowest BCUT2D eigenvalue weighted by atomic mass is 10.00. The van der Waals surface area contributed by atoms with Crippen LogP contribution in [0.15, 0.2) is 18.2 Å². The van der Waals surface area contributed by atoms with Crippen LogP contribution in [0.2, 0.25) is 0 Å². The number of hydrogen-bond donors (Lipinski definition) is 2. The monoisotopic (exact) mass is 180 g/mol. The molecule has 1 aromatic carbocycles. The number of anilines is 1. The van der Waals surface area contributed by atoms with Gasteiger partial charge in [-0.15, -0.1) is 0 Å². The maximum atomic E-state index is 13.2. The minimum Gasteiger partial charge on any atom is -0.381 e. The van der Waals surface area contributed by atoms with Gasteiger partial charge in [0.2, 0.25) is 0 Å². The third kappa shape index (κ3) is 1.52. The number of halogens is 1. The first-order valence-electron chi connectivity index (χ1n) is 4.50. The maximum absolute atomic E-state index is 13.2. The first kappa shape index (κ1) is 8.51. The average molecular weight is 180 g/mol. The molecule has 0 aromatic heterocycles. The lowest BCUT2D eigenvalue weighted by Gasteiger charge is -2.25. The van der Waals surface area contributed by atoms with Crippen LogP contribution in [0.25, 0.3) is 0 Å². The highest BCUT2D eigenvalue weighted by Gasteiger charge is 2.18. The quantitative estimate of drug-likeness (QED) is 0.682. The van der Waals surface area contributed by atoms with Gasteiger partial charge in [-0.05, 0) is 25.1 Å². The minimum atomic E-state index is -0.146. The fourth-order valence-electron chi connectivity index (χ4n) is 1.70. The van der Waals surface area contributed by atoms with Gasteiger partial charge in [0.1, 0.15) is 5.82 Å². The standard InChI is InChI=1S/C10H13FN2/c1-12-8-5-7-3-2-4-9(11)10(7)13-6-8/h2-4,8,12-13H,5-6H2,1H3. The zero-order valence-electron chi connectivity index (χ0n) is 7.60. The fraction of sp³-hybridized carbons (Fsp3) is 0.400. The highest BCUT2D eigenvalue weighted by atomic mass is 19.1. The van der Waals surface area contributed by atoms with E-state index in [9.17, 15) is 4.39 Å². The SMILES string of the molecule is CNC1CNc2c(F)cccc2C1. The number of fused-ring (bicyclic) bond motifs is 1. The molecule has 1 heterocycles. The Hall–Kier alpha value is -1.09. The number of hydrogen-bond acceptors (Lipinski definition) is 2. The Balaban J connectivity index is 2.31. The summed E-state index contributed by atoms with van der Waals surface area (Å²) in [5.41, 5.74) is 1.74. The van der Waals surface area contributed by atoms with Gasteiger partial charge in [-0.1, -0.05) is 12.1 Å². The van der Waals surface area contributed by atoms with E-state index in [0.717, 1.165) is 18.5 Å². The Bertz CT molecular complexity index is 312. The molecular weight excluding hydrogens is 167 g/mol. The van der Waals surface area contributed by atoms with Gasteiger partial charge < -0.3 is 10.6 Å². The first-order valence-corrected chi connectivity index (χ1v) is 4.50. The van der Waals surface area contributed by atoms with Crippen LogP contribution in [0.3, 0.4) is 0 Å². The van der Waals surface area contributed by atoms with E-state index in [4.69, 9.17) is 0 Å². The molecule has 0 amide bonds. The van der Waals surface area contributed by atoms with E-state index < -0.39 is 0 Å². The molecular formula is C10H13FN2. The van der Waals surface area contributed by atoms with Crippen molar-refractivity contribution in [3.05, 3.63) is 29.6 Å². The number of para-hydroxylation sites is 1. The van der Waals surface area contributed by atoms with E-state index in [2.05, 4.69) is 10.6 Å². The molecule has 0 fully saturated rings. The summed E-state index contributed by atoms with van der Waals surface area (Å²) in [6, 6.07) is 5.63. The predicted octanol–water partition coefficient (Wildman–Crippen LogP) is 1.38. The molecule has 1 unspecified atom stereocenters. The largest absolute Gasteiger partial charge is 0.381 e. The Labute approximate surface area is 77.2 Å². The van der Waals surface area contributed by atoms with Gasteiger partial charge in [0.25, 0.3) is 0 Å². The Morgan fingerprint density at radius 3 is 3.15 bits per heavy atom. The van der Waals surface area contributed by atoms with E-state index in [1.165, 1.54) is 6.07 Å². The van der Waals surface area contributed by atoms with Crippen molar-refractivity contribution in [1.29, 1.82) is 0 Å². The third-order valence-electron chi connectivity index (χ3n) is 2.50. The molecule has 2 nitrogen and oxygen atoms in total. The van der Waals surface area contributed by atoms with Gasteiger partial charge in [-0.2, -0.15) is 0 Å². The van der Waals surface area contributed by atoms with Gasteiger partial charge in [0, 0.05) is 12.6 Å². The molecule has 0 radical (unpaired) electrons. The molecule has 2 rings (SSSR count). The van der Waals surface area contributed by atoms with Gasteiger partial charge in [-0.25, -0.2) is 4.39 Å². The van der Waals surface area contributed by atoms with Crippen LogP contribution in [-0.2, 0) is 6.42 Å². The minimum absolute atomic E-state index is 0.146. The summed E-state index contributed by atoms with van der Waals surface area (Å²) in [7, 11) is 1.93. The van der Waals surface area contributed by atoms with E-state index in [1.807, 2.05) is 13.1 Å². The molecule has 1 aromatic rings. The molecule has 13 heavy (non-hydrogen) atoms. The summed E-state index contributed by atoms with van der Waals surface area (Å²) in [5, 5.41) is 6.27. The Morgan fingerprint density at radius 2 is 2.38 bits per heavy atom. The summed E-state index contributed by atoms with van der Waals surface area (Å²) >= 11 is 0. The highest BCUT2D eigenvalue weighted by molar-refractivity contribution is 5.54. The summed E-state index contributed by atoms with van der Waals surface area (Å²) in [6.45, 7) is 0.796. The molecule has 1 aliphatic rings. The second kappa shape index (κ2) is 3.34. The molecule has 1 atom stereocenters. The second-order valence-corrected chi connectivity index (χ2v) is 3.34. The molecule has 2 N–H and O–H groups in total. The predicted molar refractivity (Wildman–Crippen MR) is 51.4 cm³/mol. The molecule has 70 valence electrons. The van der Waals surface area contributed by atoms with Crippen molar-refractivity contribution in [1.82, 2.24) is 5.32 Å². The van der Waals surface area contributed by atoms with Gasteiger partial charge in [0.05, 0.1) is 5.69 Å². The fourth-order valence-corrected chi connectivity index (χ4v) is 1.70. The molecule has 0 saturated heterocycles. The van der Waals surface area contributed by atoms with Crippen LogP contribution < -0.4 is 10.6 Å². The number of likely N-dealkylation sites (N-methyl/N-ethyl adjacent to an activating group) is 1. The number of benzene rings is 1. The second-order valence-electron chi connectivity index (χ2n) is 3.34. The van der Waals surface area contributed by atoms with Crippen LogP contribution in [0.5, 0.6) is 0 Å². The third-order valence-corrected chi connectivity index (χ3v) is 2.50. The van der Waals surface area contributed by atoms with Crippen LogP contribution in [0.4, 0.5) is 10.1 Å². The number of rotatable bonds is 1. The maximum Gasteiger partial charge on any atom is 0.146 e. The molecule has 0 spiro atoms. The zero-order valence-corrected chi connectivity index (χ0v) is 7.60. The van der Waals surface area contributed by atoms with Crippen molar-refractivity contribution in [3.63, 3.8) is 0 Å². The van der Waals surface area contributed by atoms with Crippen LogP contribution in [0.1, 0.15) is 5.56 Å². The smallest absolute Gasteiger partial charge is 0.146 e. The Kier molecular flexibility index (Phi) is 2.19. The summed E-state index contributed by atoms with van der Waals surface area (Å²) in [5.74, 6) is -0.146. The van der Waals surface area contributed by atoms with E-state index in [0.29, 0.717) is 11.7 Å². The van der Waals surface area contributed by atoms with Gasteiger partial charge in [-0.3, -0.25) is 0 Å². The van der Waals surface area contributed by atoms with E-state index in [1.54, 1.807) is 6.07 Å². The van der Waals surface area contributed by atoms with Crippen molar-refractivity contribution >= 4 is 5.69 Å². The molecule has 0 bridgehead atoms. The Morgan fingerprint density at radius 1 is 1.54 bits per heavy atom. The molecule has 0 aliphatic carbocycles. The summed E-state index contributed by atoms with van der Waals surface area (Å²) in [6.07, 6.45) is 0.899. The molecule has 3 heteroatoms. The lowest BCUT2D eigenvalue weighted by Crippen LogP contribution is -2.38. The zero-order chi connectivity index (χ0) is 9.26. The van der Waals surface area contributed by atoms with Crippen molar-refractivity contribution in [2.45, 2.75) is 12.5 Å². The van der Waals surface area contributed by atoms with E-state index in [-0.39, 0.29) is 5.82 Å². The summed E-state index contributed by atoms with van der Waals surface area (Å²) < 4.78 is 13.2. The van der Waals surface area contributed by atoms with Crippen molar-refractivity contribution in [2.24, 2.45) is 0 Å². The average Bonchev–Trinajstić information content (AvgIpc) is 2.18. The lowest BCUT2D eigenvalue weighted by molar-refractivity contribution is 0.557. The molecule has 1 aliphatic heterocycles. The van der Waals surface area contributed by atoms with Crippen molar-refractivity contribution in [2.75, 3.05) is 18.9 Å². The van der Waals surface area contributed by atoms with Gasteiger partial charge in [0.15, 0.2) is 0 Å². The van der Waals surface area contributed by atoms with E-state index >= 15 is 0 Å². The normalized spacial score (nSPS) is 20.6. The van der Waals surface area contributed by atoms with Crippen molar-refractivity contribution < 1.29 is 4.39 Å². The highest BCUT2D eigenvalue weighted by Crippen LogP contribution is 2.24. The number of nitrogens with one attached hydrogen (secondary N) is 2. The summed E-state index contributed by atoms with van der Waals surface area (Å²) in [4.78, 5) is 0. The van der Waals surface area contributed by atoms with Crippen LogP contribution >= 0.6 is 0 Å². The van der Waals surface area contributed by atoms with Gasteiger partial charge >= 0.3 is 0 Å². The van der Waals surface area contributed by atoms with Crippen LogP contribution in [0, 0.1) is 5.82 Å². The molecule has 0 saturated carbocycles. The topological polar surface area (TPSA) is 24.1 Å². The first-order chi connectivity index (χ1) is 6.31.